The summed E-state index contributed by atoms with van der Waals surface area (Å²) in [5, 5.41) is 15.3. The summed E-state index contributed by atoms with van der Waals surface area (Å²) >= 11 is 1.89. The monoisotopic (exact) mass is 984 g/mol. The third-order valence-electron chi connectivity index (χ3n) is 13.2. The molecule has 1 aromatic heterocycles. The van der Waals surface area contributed by atoms with Crippen molar-refractivity contribution in [3.63, 3.8) is 0 Å². The number of nitrogens with one attached hydrogen (secondary N) is 5. The summed E-state index contributed by atoms with van der Waals surface area (Å²) in [5.41, 5.74) is 3.17. The van der Waals surface area contributed by atoms with E-state index in [1.165, 1.54) is 6.20 Å². The Bertz CT molecular complexity index is 2180. The molecule has 0 spiro atoms. The quantitative estimate of drug-likeness (QED) is 0.0428. The van der Waals surface area contributed by atoms with E-state index in [9.17, 15) is 28.8 Å². The zero-order valence-electron chi connectivity index (χ0n) is 40.1. The van der Waals surface area contributed by atoms with E-state index in [-0.39, 0.29) is 78.2 Å². The number of carbonyl (C=O) groups excluding carboxylic acids is 6. The van der Waals surface area contributed by atoms with Gasteiger partial charge in [-0.3, -0.25) is 33.9 Å². The number of amides is 6. The van der Waals surface area contributed by atoms with Crippen molar-refractivity contribution in [2.75, 3.05) is 90.5 Å². The number of ketones is 1. The minimum Gasteiger partial charge on any atom is -0.497 e. The zero-order valence-corrected chi connectivity index (χ0v) is 40.9. The molecule has 4 aliphatic rings. The number of rotatable bonds is 26. The molecule has 19 heteroatoms. The van der Waals surface area contributed by atoms with E-state index in [0.29, 0.717) is 94.1 Å². The average Bonchev–Trinajstić information content (AvgIpc) is 3.95. The summed E-state index contributed by atoms with van der Waals surface area (Å²) in [5.74, 6) is 1.05. The maximum Gasteiger partial charge on any atom is 0.315 e. The van der Waals surface area contributed by atoms with E-state index in [2.05, 4.69) is 36.5 Å². The van der Waals surface area contributed by atoms with Gasteiger partial charge in [0.2, 0.25) is 11.8 Å². The fourth-order valence-corrected chi connectivity index (χ4v) is 10.7. The molecule has 7 rings (SSSR count). The van der Waals surface area contributed by atoms with Crippen LogP contribution in [0, 0.1) is 5.92 Å². The van der Waals surface area contributed by atoms with Crippen molar-refractivity contribution in [1.82, 2.24) is 36.1 Å². The van der Waals surface area contributed by atoms with Crippen molar-refractivity contribution in [2.24, 2.45) is 5.92 Å². The van der Waals surface area contributed by atoms with Crippen LogP contribution in [0.15, 0.2) is 66.9 Å². The van der Waals surface area contributed by atoms with Crippen molar-refractivity contribution in [3.05, 3.63) is 89.2 Å². The minimum atomic E-state index is -0.265. The maximum atomic E-state index is 13.2. The molecule has 0 radical (unpaired) electrons. The molecule has 5 heterocycles. The number of urea groups is 1. The lowest BCUT2D eigenvalue weighted by molar-refractivity contribution is -0.121. The first-order chi connectivity index (χ1) is 34.1. The SMILES string of the molecule is COc1ccc(C(=O)C2CCN(C(=O)c3ccc(C(=O)NC4CCN(Cc5ccc(NC(=O)CCOCCOCCOCCNC(=O)CCCCC6SC[C@@H]7NC(=O)N[C@H]67)cc5)CC4)nc3)CC2)cc1. The lowest BCUT2D eigenvalue weighted by atomic mass is 9.88. The number of thioether (sulfide) groups is 1. The number of ether oxygens (including phenoxy) is 4. The minimum absolute atomic E-state index is 0.0151. The highest BCUT2D eigenvalue weighted by Gasteiger charge is 2.42. The Morgan fingerprint density at radius 1 is 0.757 bits per heavy atom. The Kier molecular flexibility index (Phi) is 20.2. The number of aromatic nitrogens is 1. The van der Waals surface area contributed by atoms with Gasteiger partial charge in [-0.15, -0.1) is 0 Å². The summed E-state index contributed by atoms with van der Waals surface area (Å²) in [7, 11) is 1.59. The number of benzene rings is 2. The molecule has 3 atom stereocenters. The molecule has 0 saturated carbocycles. The molecule has 6 amide bonds. The molecule has 5 N–H and O–H groups in total. The van der Waals surface area contributed by atoms with Crippen LogP contribution in [-0.2, 0) is 30.3 Å². The smallest absolute Gasteiger partial charge is 0.315 e. The number of carbonyl (C=O) groups is 6. The van der Waals surface area contributed by atoms with Crippen LogP contribution in [0.5, 0.6) is 5.75 Å². The molecule has 4 fully saturated rings. The molecule has 0 bridgehead atoms. The number of unbranched alkanes of at least 4 members (excludes halogenated alkanes) is 1. The van der Waals surface area contributed by atoms with Gasteiger partial charge in [-0.05, 0) is 92.6 Å². The highest BCUT2D eigenvalue weighted by molar-refractivity contribution is 8.00. The van der Waals surface area contributed by atoms with Crippen molar-refractivity contribution in [2.45, 2.75) is 87.7 Å². The number of anilines is 1. The van der Waals surface area contributed by atoms with Crippen molar-refractivity contribution >= 4 is 52.9 Å². The van der Waals surface area contributed by atoms with Gasteiger partial charge in [0.15, 0.2) is 5.78 Å². The Morgan fingerprint density at radius 2 is 1.46 bits per heavy atom. The van der Waals surface area contributed by atoms with Gasteiger partial charge in [0, 0.05) is 86.1 Å². The van der Waals surface area contributed by atoms with Gasteiger partial charge in [0.1, 0.15) is 11.4 Å². The first kappa shape index (κ1) is 52.2. The average molecular weight is 985 g/mol. The third-order valence-corrected chi connectivity index (χ3v) is 14.7. The van der Waals surface area contributed by atoms with Crippen LogP contribution in [0.3, 0.4) is 0 Å². The molecule has 1 unspecified atom stereocenters. The zero-order chi connectivity index (χ0) is 49.1. The Hall–Kier alpha value is -5.60. The van der Waals surface area contributed by atoms with Gasteiger partial charge in [-0.1, -0.05) is 18.6 Å². The molecular weight excluding hydrogens is 917 g/mol. The predicted octanol–water partition coefficient (Wildman–Crippen LogP) is 4.44. The van der Waals surface area contributed by atoms with Crippen LogP contribution < -0.4 is 31.3 Å². The highest BCUT2D eigenvalue weighted by atomic mass is 32.2. The highest BCUT2D eigenvalue weighted by Crippen LogP contribution is 2.33. The number of Topliss-reactive ketones (excluding diaryl/α,β-unsaturated/α-hetero) is 1. The molecule has 18 nitrogen and oxygen atoms in total. The topological polar surface area (TPSA) is 219 Å². The fraction of sp³-hybridized carbons (Fsp3) is 0.549. The molecule has 4 aliphatic heterocycles. The van der Waals surface area contributed by atoms with Crippen LogP contribution in [0.25, 0.3) is 0 Å². The van der Waals surface area contributed by atoms with E-state index in [0.717, 1.165) is 68.7 Å². The molecule has 4 saturated heterocycles. The maximum absolute atomic E-state index is 13.2. The van der Waals surface area contributed by atoms with Gasteiger partial charge in [0.25, 0.3) is 11.8 Å². The summed E-state index contributed by atoms with van der Waals surface area (Å²) < 4.78 is 21.8. The molecule has 70 heavy (non-hydrogen) atoms. The van der Waals surface area contributed by atoms with Gasteiger partial charge in [-0.2, -0.15) is 11.8 Å². The van der Waals surface area contributed by atoms with Gasteiger partial charge >= 0.3 is 6.03 Å². The number of nitrogens with zero attached hydrogens (tertiary/aromatic N) is 3. The fourth-order valence-electron chi connectivity index (χ4n) is 9.17. The lowest BCUT2D eigenvalue weighted by Crippen LogP contribution is -2.44. The number of methoxy groups -OCH3 is 1. The van der Waals surface area contributed by atoms with Crippen LogP contribution in [0.4, 0.5) is 10.5 Å². The van der Waals surface area contributed by atoms with Crippen molar-refractivity contribution in [3.8, 4) is 5.75 Å². The van der Waals surface area contributed by atoms with Gasteiger partial charge in [0.05, 0.1) is 70.8 Å². The van der Waals surface area contributed by atoms with E-state index in [1.807, 2.05) is 36.0 Å². The first-order valence-corrected chi connectivity index (χ1v) is 25.7. The molecular formula is C51H68N8O10S. The second kappa shape index (κ2) is 27.1. The van der Waals surface area contributed by atoms with Gasteiger partial charge in [-0.25, -0.2) is 4.79 Å². The second-order valence-electron chi connectivity index (χ2n) is 18.2. The number of fused-ring (bicyclic) bond motifs is 1. The third kappa shape index (κ3) is 16.0. The van der Waals surface area contributed by atoms with Crippen LogP contribution in [0.2, 0.25) is 0 Å². The molecule has 378 valence electrons. The Morgan fingerprint density at radius 3 is 2.16 bits per heavy atom. The first-order valence-electron chi connectivity index (χ1n) is 24.7. The van der Waals surface area contributed by atoms with Crippen molar-refractivity contribution in [1.29, 1.82) is 0 Å². The number of hydrogen-bond donors (Lipinski definition) is 5. The summed E-state index contributed by atoms with van der Waals surface area (Å²) in [4.78, 5) is 83.9. The Balaban J connectivity index is 0.663. The van der Waals surface area contributed by atoms with Gasteiger partial charge < -0.3 is 50.4 Å². The van der Waals surface area contributed by atoms with E-state index < -0.39 is 0 Å². The van der Waals surface area contributed by atoms with Crippen LogP contribution in [-0.4, -0.2) is 159 Å². The largest absolute Gasteiger partial charge is 0.497 e. The van der Waals surface area contributed by atoms with Crippen LogP contribution in [0.1, 0.15) is 94.6 Å². The van der Waals surface area contributed by atoms with E-state index in [1.54, 1.807) is 48.4 Å². The second-order valence-corrected chi connectivity index (χ2v) is 19.4. The molecule has 2 aromatic carbocycles. The number of piperidine rings is 2. The predicted molar refractivity (Wildman–Crippen MR) is 265 cm³/mol. The molecule has 0 aliphatic carbocycles. The summed E-state index contributed by atoms with van der Waals surface area (Å²) in [6.07, 6.45) is 7.69. The van der Waals surface area contributed by atoms with E-state index >= 15 is 0 Å². The summed E-state index contributed by atoms with van der Waals surface area (Å²) in [6.45, 7) is 6.04. The molecule has 3 aromatic rings. The number of hydrogen-bond acceptors (Lipinski definition) is 13. The number of likely N-dealkylation sites (tertiary alicyclic amines) is 2. The van der Waals surface area contributed by atoms with Crippen molar-refractivity contribution < 1.29 is 47.7 Å². The lowest BCUT2D eigenvalue weighted by Gasteiger charge is -2.32. The number of pyridine rings is 1. The summed E-state index contributed by atoms with van der Waals surface area (Å²) in [6, 6.07) is 18.5. The van der Waals surface area contributed by atoms with Crippen LogP contribution >= 0.6 is 11.8 Å². The Labute approximate surface area is 414 Å². The standard InChI is InChI=1S/C51H68N8O10S/c1-66-41-13-8-36(9-14-41)48(62)37-16-24-59(25-17-37)50(64)38-10-15-42(53-32-38)49(63)55-40-18-22-58(23-19-40)33-35-6-11-39(12-7-35)54-46(61)20-26-67-28-30-69-31-29-68-27-21-52-45(60)5-3-2-4-44-47-43(34-70-44)56-51(65)57-47/h6-15,32,37,40,43-44,47H,2-5,16-31,33-34H2,1H3,(H,52,60)(H,54,61)(H,55,63)(H2,56,57,65)/t43-,44?,47-/m0/s1. The van der Waals surface area contributed by atoms with E-state index in [4.69, 9.17) is 18.9 Å². The normalized spacial score (nSPS) is 19.5.